The van der Waals surface area contributed by atoms with Crippen molar-refractivity contribution in [3.8, 4) is 0 Å². The lowest BCUT2D eigenvalue weighted by Gasteiger charge is -2.38. The summed E-state index contributed by atoms with van der Waals surface area (Å²) in [5.41, 5.74) is 2.92. The summed E-state index contributed by atoms with van der Waals surface area (Å²) in [7, 11) is 2.14. The van der Waals surface area contributed by atoms with Gasteiger partial charge in [0.05, 0.1) is 17.7 Å². The Labute approximate surface area is 210 Å². The van der Waals surface area contributed by atoms with Crippen LogP contribution < -0.4 is 4.90 Å². The van der Waals surface area contributed by atoms with Gasteiger partial charge < -0.3 is 19.8 Å². The molecule has 1 aromatic carbocycles. The van der Waals surface area contributed by atoms with Crippen molar-refractivity contribution in [2.24, 2.45) is 5.92 Å². The maximum atomic E-state index is 13.8. The molecule has 0 radical (unpaired) electrons. The van der Waals surface area contributed by atoms with Crippen LogP contribution in [0.4, 0.5) is 5.82 Å². The average Bonchev–Trinajstić information content (AvgIpc) is 3.61. The molecular formula is C26H34BrN5O2. The van der Waals surface area contributed by atoms with Gasteiger partial charge in [-0.1, -0.05) is 35.0 Å². The number of fused-ring (bicyclic) bond motifs is 1. The van der Waals surface area contributed by atoms with Crippen molar-refractivity contribution in [3.05, 3.63) is 51.9 Å². The third-order valence-corrected chi connectivity index (χ3v) is 8.03. The molecule has 34 heavy (non-hydrogen) atoms. The van der Waals surface area contributed by atoms with Crippen molar-refractivity contribution < 1.29 is 9.90 Å². The molecule has 1 aliphatic heterocycles. The van der Waals surface area contributed by atoms with Gasteiger partial charge in [0.25, 0.3) is 0 Å². The largest absolute Gasteiger partial charge is 0.387 e. The average molecular weight is 528 g/mol. The van der Waals surface area contributed by atoms with Crippen LogP contribution in [-0.2, 0) is 4.79 Å². The van der Waals surface area contributed by atoms with Gasteiger partial charge in [0.2, 0.25) is 5.91 Å². The van der Waals surface area contributed by atoms with Crippen LogP contribution in [-0.4, -0.2) is 77.1 Å². The highest BCUT2D eigenvalue weighted by Crippen LogP contribution is 2.42. The van der Waals surface area contributed by atoms with E-state index in [9.17, 15) is 9.90 Å². The highest BCUT2D eigenvalue weighted by Gasteiger charge is 2.35. The zero-order chi connectivity index (χ0) is 23.8. The second-order valence-electron chi connectivity index (χ2n) is 10.2. The summed E-state index contributed by atoms with van der Waals surface area (Å²) in [6, 6.07) is 8.20. The number of hydrogen-bond acceptors (Lipinski definition) is 6. The smallest absolute Gasteiger partial charge is 0.231 e. The predicted molar refractivity (Wildman–Crippen MR) is 136 cm³/mol. The molecule has 7 nitrogen and oxygen atoms in total. The summed E-state index contributed by atoms with van der Waals surface area (Å²) in [6.45, 7) is 6.76. The zero-order valence-corrected chi connectivity index (χ0v) is 21.6. The lowest BCUT2D eigenvalue weighted by atomic mass is 9.96. The van der Waals surface area contributed by atoms with Crippen molar-refractivity contribution >= 4 is 27.7 Å². The number of amides is 1. The fourth-order valence-corrected chi connectivity index (χ4v) is 5.73. The van der Waals surface area contributed by atoms with Crippen molar-refractivity contribution in [1.29, 1.82) is 0 Å². The number of anilines is 1. The fourth-order valence-electron chi connectivity index (χ4n) is 5.46. The summed E-state index contributed by atoms with van der Waals surface area (Å²) >= 11 is 3.52. The van der Waals surface area contributed by atoms with Crippen molar-refractivity contribution in [2.45, 2.75) is 44.1 Å². The summed E-state index contributed by atoms with van der Waals surface area (Å²) in [6.07, 6.45) is 4.38. The van der Waals surface area contributed by atoms with Gasteiger partial charge in [0.1, 0.15) is 12.1 Å². The number of aromatic nitrogens is 2. The number of carbonyl (C=O) groups excluding carboxylic acids is 1. The molecule has 2 unspecified atom stereocenters. The van der Waals surface area contributed by atoms with Gasteiger partial charge in [-0.2, -0.15) is 0 Å². The van der Waals surface area contributed by atoms with E-state index in [1.165, 1.54) is 12.8 Å². The van der Waals surface area contributed by atoms with Gasteiger partial charge in [-0.3, -0.25) is 4.79 Å². The van der Waals surface area contributed by atoms with Crippen LogP contribution in [0.3, 0.4) is 0 Å². The van der Waals surface area contributed by atoms with E-state index in [0.29, 0.717) is 19.5 Å². The molecule has 1 saturated heterocycles. The number of piperazine rings is 1. The maximum absolute atomic E-state index is 13.8. The Kier molecular flexibility index (Phi) is 6.91. The van der Waals surface area contributed by atoms with Gasteiger partial charge in [-0.15, -0.1) is 0 Å². The summed E-state index contributed by atoms with van der Waals surface area (Å²) in [5.74, 6) is 2.01. The molecule has 1 saturated carbocycles. The van der Waals surface area contributed by atoms with Gasteiger partial charge >= 0.3 is 0 Å². The normalized spacial score (nSPS) is 23.3. The Hall–Kier alpha value is -2.03. The van der Waals surface area contributed by atoms with Gasteiger partial charge in [-0.05, 0) is 55.8 Å². The molecule has 3 atom stereocenters. The Morgan fingerprint density at radius 2 is 1.88 bits per heavy atom. The Morgan fingerprint density at radius 1 is 1.18 bits per heavy atom. The third-order valence-electron chi connectivity index (χ3n) is 7.50. The first-order valence-electron chi connectivity index (χ1n) is 12.4. The minimum atomic E-state index is -0.506. The number of aliphatic hydroxyl groups excluding tert-OH is 1. The third kappa shape index (κ3) is 4.99. The number of rotatable bonds is 7. The van der Waals surface area contributed by atoms with Crippen LogP contribution in [0.5, 0.6) is 0 Å². The van der Waals surface area contributed by atoms with Crippen LogP contribution >= 0.6 is 15.9 Å². The topological polar surface area (TPSA) is 72.8 Å². The fraction of sp³-hybridized carbons (Fsp3) is 0.577. The van der Waals surface area contributed by atoms with Crippen LogP contribution in [0.15, 0.2) is 35.1 Å². The molecule has 2 aliphatic carbocycles. The summed E-state index contributed by atoms with van der Waals surface area (Å²) in [4.78, 5) is 29.3. The number of hydrogen-bond donors (Lipinski definition) is 1. The molecule has 1 N–H and O–H groups in total. The quantitative estimate of drug-likeness (QED) is 0.593. The lowest BCUT2D eigenvalue weighted by molar-refractivity contribution is -0.133. The van der Waals surface area contributed by atoms with E-state index in [1.54, 1.807) is 6.33 Å². The van der Waals surface area contributed by atoms with Crippen LogP contribution in [0.1, 0.15) is 60.9 Å². The van der Waals surface area contributed by atoms with Crippen LogP contribution in [0, 0.1) is 5.92 Å². The van der Waals surface area contributed by atoms with E-state index in [4.69, 9.17) is 0 Å². The molecule has 1 amide bonds. The minimum Gasteiger partial charge on any atom is -0.387 e. The van der Waals surface area contributed by atoms with E-state index >= 15 is 0 Å². The van der Waals surface area contributed by atoms with E-state index in [1.807, 2.05) is 17.0 Å². The second-order valence-corrected chi connectivity index (χ2v) is 11.1. The Bertz CT molecular complexity index is 1020. The number of likely N-dealkylation sites (N-methyl/N-ethyl adjacent to an activating group) is 1. The standard InChI is InChI=1S/C26H34BrN5O2/c1-17-13-22(33)24-23(17)25(29-16-28-24)31-9-11-32(12-10-31)26(34)21(15-30(2)14-18-3-4-18)19-5-7-20(27)8-6-19/h5-8,16-18,21-22,33H,3-4,9-15H2,1-2H3/t17?,21?,22-/m0/s1. The molecule has 1 aromatic heterocycles. The number of benzene rings is 1. The molecule has 182 valence electrons. The molecule has 0 bridgehead atoms. The van der Waals surface area contributed by atoms with Crippen molar-refractivity contribution in [2.75, 3.05) is 51.2 Å². The number of aliphatic hydroxyl groups is 1. The Balaban J connectivity index is 1.29. The van der Waals surface area contributed by atoms with Gasteiger partial charge in [0, 0.05) is 49.3 Å². The first kappa shape index (κ1) is 23.7. The SMILES string of the molecule is CC1C[C@H](O)c2ncnc(N3CCN(C(=O)C(CN(C)CC4CC4)c4ccc(Br)cc4)CC3)c21. The molecule has 2 aromatic rings. The summed E-state index contributed by atoms with van der Waals surface area (Å²) in [5, 5.41) is 10.3. The van der Waals surface area contributed by atoms with E-state index in [0.717, 1.165) is 59.2 Å². The molecule has 0 spiro atoms. The van der Waals surface area contributed by atoms with E-state index in [2.05, 4.69) is 61.8 Å². The van der Waals surface area contributed by atoms with E-state index in [-0.39, 0.29) is 17.7 Å². The highest BCUT2D eigenvalue weighted by atomic mass is 79.9. The monoisotopic (exact) mass is 527 g/mol. The minimum absolute atomic E-state index is 0.165. The van der Waals surface area contributed by atoms with Crippen LogP contribution in [0.2, 0.25) is 0 Å². The number of carbonyl (C=O) groups is 1. The van der Waals surface area contributed by atoms with Crippen molar-refractivity contribution in [3.63, 3.8) is 0 Å². The second kappa shape index (κ2) is 9.91. The Morgan fingerprint density at radius 3 is 2.56 bits per heavy atom. The lowest BCUT2D eigenvalue weighted by Crippen LogP contribution is -2.51. The maximum Gasteiger partial charge on any atom is 0.231 e. The molecular weight excluding hydrogens is 494 g/mol. The summed E-state index contributed by atoms with van der Waals surface area (Å²) < 4.78 is 1.03. The highest BCUT2D eigenvalue weighted by molar-refractivity contribution is 9.10. The van der Waals surface area contributed by atoms with Crippen molar-refractivity contribution in [1.82, 2.24) is 19.8 Å². The first-order valence-corrected chi connectivity index (χ1v) is 13.2. The first-order chi connectivity index (χ1) is 16.4. The predicted octanol–water partition coefficient (Wildman–Crippen LogP) is 3.55. The van der Waals surface area contributed by atoms with Gasteiger partial charge in [0.15, 0.2) is 0 Å². The number of halogens is 1. The molecule has 2 fully saturated rings. The van der Waals surface area contributed by atoms with E-state index < -0.39 is 6.10 Å². The number of nitrogens with zero attached hydrogens (tertiary/aromatic N) is 5. The molecule has 3 aliphatic rings. The van der Waals surface area contributed by atoms with Gasteiger partial charge in [-0.25, -0.2) is 9.97 Å². The molecule has 2 heterocycles. The van der Waals surface area contributed by atoms with Crippen LogP contribution in [0.25, 0.3) is 0 Å². The molecule has 8 heteroatoms. The zero-order valence-electron chi connectivity index (χ0n) is 20.0. The molecule has 5 rings (SSSR count).